The number of H-pyrrole nitrogens is 1. The molecule has 8 heteroatoms. The molecule has 0 unspecified atom stereocenters. The van der Waals surface area contributed by atoms with Crippen LogP contribution in [-0.2, 0) is 19.5 Å². The van der Waals surface area contributed by atoms with E-state index in [-0.39, 0.29) is 0 Å². The molecule has 4 aromatic rings. The maximum atomic E-state index is 5.80. The maximum Gasteiger partial charge on any atom is 0.161 e. The SMILES string of the molecule is COc1ccc(-c2[nH]ncc2CN2CCc3nc(-c4ccc(N)cc4)ncc3C2)cc1OC. The summed E-state index contributed by atoms with van der Waals surface area (Å²) in [4.78, 5) is 11.8. The van der Waals surface area contributed by atoms with Gasteiger partial charge in [0.15, 0.2) is 17.3 Å². The highest BCUT2D eigenvalue weighted by Gasteiger charge is 2.21. The average Bonchev–Trinajstić information content (AvgIpc) is 3.31. The second-order valence-electron chi connectivity index (χ2n) is 8.09. The first-order valence-corrected chi connectivity index (χ1v) is 10.8. The molecule has 1 aliphatic rings. The zero-order valence-electron chi connectivity index (χ0n) is 18.7. The van der Waals surface area contributed by atoms with Crippen LogP contribution in [0.5, 0.6) is 11.5 Å². The van der Waals surface area contributed by atoms with Crippen LogP contribution in [-0.4, -0.2) is 45.8 Å². The second kappa shape index (κ2) is 8.91. The van der Waals surface area contributed by atoms with Crippen molar-refractivity contribution in [2.45, 2.75) is 19.5 Å². The zero-order chi connectivity index (χ0) is 22.8. The van der Waals surface area contributed by atoms with Crippen molar-refractivity contribution in [1.82, 2.24) is 25.1 Å². The molecule has 3 N–H and O–H groups in total. The number of aromatic amines is 1. The molecule has 0 aliphatic carbocycles. The Hall–Kier alpha value is -3.91. The minimum absolute atomic E-state index is 0.691. The molecule has 1 aliphatic heterocycles. The highest BCUT2D eigenvalue weighted by molar-refractivity contribution is 5.66. The van der Waals surface area contributed by atoms with Gasteiger partial charge in [-0.3, -0.25) is 10.00 Å². The third-order valence-electron chi connectivity index (χ3n) is 5.97. The molecule has 8 nitrogen and oxygen atoms in total. The number of benzene rings is 2. The highest BCUT2D eigenvalue weighted by atomic mass is 16.5. The Morgan fingerprint density at radius 3 is 2.58 bits per heavy atom. The molecule has 5 rings (SSSR count). The van der Waals surface area contributed by atoms with Gasteiger partial charge in [-0.2, -0.15) is 5.10 Å². The lowest BCUT2D eigenvalue weighted by atomic mass is 10.0. The van der Waals surface area contributed by atoms with Crippen molar-refractivity contribution in [2.75, 3.05) is 26.5 Å². The Morgan fingerprint density at radius 2 is 1.79 bits per heavy atom. The molecule has 0 saturated heterocycles. The van der Waals surface area contributed by atoms with E-state index >= 15 is 0 Å². The molecule has 2 aromatic carbocycles. The fraction of sp³-hybridized carbons (Fsp3) is 0.240. The number of aromatic nitrogens is 4. The Bertz CT molecular complexity index is 1270. The van der Waals surface area contributed by atoms with Crippen LogP contribution in [0.3, 0.4) is 0 Å². The standard InChI is InChI=1S/C25H26N6O2/c1-32-22-8-5-17(11-23(22)33-2)24-19(13-28-30-24)15-31-10-9-21-18(14-31)12-27-25(29-21)16-3-6-20(26)7-4-16/h3-8,11-13H,9-10,14-15,26H2,1-2H3,(H,28,30). The van der Waals surface area contributed by atoms with Crippen LogP contribution in [0, 0.1) is 0 Å². The molecule has 0 bridgehead atoms. The molecule has 0 radical (unpaired) electrons. The minimum Gasteiger partial charge on any atom is -0.493 e. The molecule has 0 amide bonds. The monoisotopic (exact) mass is 442 g/mol. The summed E-state index contributed by atoms with van der Waals surface area (Å²) >= 11 is 0. The topological polar surface area (TPSA) is 102 Å². The van der Waals surface area contributed by atoms with Crippen LogP contribution in [0.4, 0.5) is 5.69 Å². The zero-order valence-corrected chi connectivity index (χ0v) is 18.7. The van der Waals surface area contributed by atoms with E-state index in [1.165, 1.54) is 0 Å². The van der Waals surface area contributed by atoms with Crippen molar-refractivity contribution in [1.29, 1.82) is 0 Å². The Morgan fingerprint density at radius 1 is 1.00 bits per heavy atom. The highest BCUT2D eigenvalue weighted by Crippen LogP contribution is 2.33. The van der Waals surface area contributed by atoms with E-state index in [4.69, 9.17) is 20.2 Å². The van der Waals surface area contributed by atoms with Gasteiger partial charge in [0, 0.05) is 60.2 Å². The van der Waals surface area contributed by atoms with Gasteiger partial charge in [0.2, 0.25) is 0 Å². The number of methoxy groups -OCH3 is 2. The van der Waals surface area contributed by atoms with Gasteiger partial charge in [0.05, 0.1) is 31.8 Å². The van der Waals surface area contributed by atoms with Gasteiger partial charge in [-0.15, -0.1) is 0 Å². The number of nitrogens with zero attached hydrogens (tertiary/aromatic N) is 4. The van der Waals surface area contributed by atoms with Crippen molar-refractivity contribution in [2.24, 2.45) is 0 Å². The Kier molecular flexibility index (Phi) is 5.66. The van der Waals surface area contributed by atoms with E-state index in [1.54, 1.807) is 14.2 Å². The van der Waals surface area contributed by atoms with Crippen molar-refractivity contribution in [3.05, 3.63) is 71.7 Å². The number of hydrogen-bond acceptors (Lipinski definition) is 7. The molecule has 168 valence electrons. The lowest BCUT2D eigenvalue weighted by molar-refractivity contribution is 0.243. The van der Waals surface area contributed by atoms with Gasteiger partial charge in [-0.05, 0) is 42.5 Å². The van der Waals surface area contributed by atoms with Crippen molar-refractivity contribution >= 4 is 5.69 Å². The predicted octanol–water partition coefficient (Wildman–Crippen LogP) is 3.69. The summed E-state index contributed by atoms with van der Waals surface area (Å²) in [5, 5.41) is 7.44. The quantitative estimate of drug-likeness (QED) is 0.439. The van der Waals surface area contributed by atoms with Crippen LogP contribution in [0.1, 0.15) is 16.8 Å². The number of nitrogens with two attached hydrogens (primary N) is 1. The fourth-order valence-electron chi connectivity index (χ4n) is 4.19. The molecule has 0 fully saturated rings. The molecule has 33 heavy (non-hydrogen) atoms. The summed E-state index contributed by atoms with van der Waals surface area (Å²) in [6.07, 6.45) is 4.72. The first kappa shape index (κ1) is 21.0. The normalized spacial score (nSPS) is 13.5. The van der Waals surface area contributed by atoms with E-state index in [9.17, 15) is 0 Å². The molecular weight excluding hydrogens is 416 g/mol. The van der Waals surface area contributed by atoms with E-state index in [0.717, 1.165) is 71.2 Å². The minimum atomic E-state index is 0.691. The summed E-state index contributed by atoms with van der Waals surface area (Å²) in [6, 6.07) is 13.6. The summed E-state index contributed by atoms with van der Waals surface area (Å²) < 4.78 is 10.8. The van der Waals surface area contributed by atoms with E-state index in [1.807, 2.05) is 54.9 Å². The number of ether oxygens (including phenoxy) is 2. The van der Waals surface area contributed by atoms with Gasteiger partial charge < -0.3 is 15.2 Å². The molecule has 2 aromatic heterocycles. The lowest BCUT2D eigenvalue weighted by Gasteiger charge is -2.28. The second-order valence-corrected chi connectivity index (χ2v) is 8.09. The molecule has 0 atom stereocenters. The summed E-state index contributed by atoms with van der Waals surface area (Å²) in [6.45, 7) is 2.50. The van der Waals surface area contributed by atoms with Crippen LogP contribution < -0.4 is 15.2 Å². The third kappa shape index (κ3) is 4.25. The maximum absolute atomic E-state index is 5.80. The fourth-order valence-corrected chi connectivity index (χ4v) is 4.19. The summed E-state index contributed by atoms with van der Waals surface area (Å²) in [7, 11) is 3.27. The number of hydrogen-bond donors (Lipinski definition) is 2. The van der Waals surface area contributed by atoms with Crippen molar-refractivity contribution < 1.29 is 9.47 Å². The Labute approximate surface area is 192 Å². The largest absolute Gasteiger partial charge is 0.493 e. The predicted molar refractivity (Wildman–Crippen MR) is 127 cm³/mol. The van der Waals surface area contributed by atoms with Crippen LogP contribution in [0.2, 0.25) is 0 Å². The lowest BCUT2D eigenvalue weighted by Crippen LogP contribution is -2.31. The number of nitrogens with one attached hydrogen (secondary N) is 1. The molecule has 0 saturated carbocycles. The first-order chi connectivity index (χ1) is 16.1. The molecule has 0 spiro atoms. The van der Waals surface area contributed by atoms with Gasteiger partial charge in [0.1, 0.15) is 0 Å². The summed E-state index contributed by atoms with van der Waals surface area (Å²) in [5.41, 5.74) is 12.9. The van der Waals surface area contributed by atoms with Crippen LogP contribution in [0.25, 0.3) is 22.6 Å². The Balaban J connectivity index is 1.33. The number of fused-ring (bicyclic) bond motifs is 1. The van der Waals surface area contributed by atoms with E-state index in [0.29, 0.717) is 11.5 Å². The van der Waals surface area contributed by atoms with E-state index in [2.05, 4.69) is 20.1 Å². The van der Waals surface area contributed by atoms with Crippen LogP contribution in [0.15, 0.2) is 54.9 Å². The van der Waals surface area contributed by atoms with Gasteiger partial charge in [-0.1, -0.05) is 0 Å². The molecular formula is C25H26N6O2. The van der Waals surface area contributed by atoms with Gasteiger partial charge >= 0.3 is 0 Å². The average molecular weight is 443 g/mol. The molecule has 3 heterocycles. The van der Waals surface area contributed by atoms with Gasteiger partial charge in [0.25, 0.3) is 0 Å². The van der Waals surface area contributed by atoms with Crippen molar-refractivity contribution in [3.8, 4) is 34.1 Å². The van der Waals surface area contributed by atoms with Crippen LogP contribution >= 0.6 is 0 Å². The number of nitrogen functional groups attached to an aromatic ring is 1. The number of anilines is 1. The van der Waals surface area contributed by atoms with Crippen molar-refractivity contribution in [3.63, 3.8) is 0 Å². The smallest absolute Gasteiger partial charge is 0.161 e. The van der Waals surface area contributed by atoms with Gasteiger partial charge in [-0.25, -0.2) is 9.97 Å². The number of rotatable bonds is 6. The third-order valence-corrected chi connectivity index (χ3v) is 5.97. The van der Waals surface area contributed by atoms with E-state index < -0.39 is 0 Å². The first-order valence-electron chi connectivity index (χ1n) is 10.8. The summed E-state index contributed by atoms with van der Waals surface area (Å²) in [5.74, 6) is 2.14.